The van der Waals surface area contributed by atoms with Crippen LogP contribution in [0.4, 0.5) is 27.6 Å². The number of rotatable bonds is 6. The van der Waals surface area contributed by atoms with Crippen molar-refractivity contribution in [2.24, 2.45) is 10.7 Å². The zero-order valence-electron chi connectivity index (χ0n) is 24.3. The van der Waals surface area contributed by atoms with Crippen LogP contribution in [-0.4, -0.2) is 85.4 Å². The van der Waals surface area contributed by atoms with Crippen molar-refractivity contribution in [1.29, 1.82) is 0 Å². The lowest BCUT2D eigenvalue weighted by molar-refractivity contribution is -0.137. The number of alkyl halides is 3. The average Bonchev–Trinajstić information content (AvgIpc) is 3.15. The summed E-state index contributed by atoms with van der Waals surface area (Å²) in [5.74, 6) is -1.65. The molecule has 1 saturated heterocycles. The maximum absolute atomic E-state index is 15.2. The van der Waals surface area contributed by atoms with E-state index in [0.29, 0.717) is 24.9 Å². The molecule has 3 heterocycles. The van der Waals surface area contributed by atoms with Crippen LogP contribution in [0.2, 0.25) is 0 Å². The van der Waals surface area contributed by atoms with E-state index in [0.717, 1.165) is 30.0 Å². The third kappa shape index (κ3) is 5.95. The molecular formula is C30H33F5N6O2S. The van der Waals surface area contributed by atoms with E-state index < -0.39 is 41.7 Å². The lowest BCUT2D eigenvalue weighted by atomic mass is 9.92. The van der Waals surface area contributed by atoms with Crippen LogP contribution in [0.25, 0.3) is 11.1 Å². The molecule has 3 unspecified atom stereocenters. The smallest absolute Gasteiger partial charge is 0.374 e. The SMILES string of the molecule is C=CC(=O)N1C(C)CN(C2=NC(=C)N3CC(OCCNC)CSc4c(-c5ccc(F)cc5F)c(C(F)(F)F)cc2c43)CC1N. The van der Waals surface area contributed by atoms with Crippen molar-refractivity contribution in [3.63, 3.8) is 0 Å². The number of aliphatic imine (C=N–C) groups is 1. The molecule has 0 spiro atoms. The first kappa shape index (κ1) is 31.9. The largest absolute Gasteiger partial charge is 0.417 e. The highest BCUT2D eigenvalue weighted by Gasteiger charge is 2.43. The first-order valence-electron chi connectivity index (χ1n) is 14.0. The number of hydrogen-bond acceptors (Lipinski definition) is 8. The quantitative estimate of drug-likeness (QED) is 0.276. The Bertz CT molecular complexity index is 1500. The molecule has 3 atom stereocenters. The molecule has 0 aliphatic carbocycles. The molecule has 1 amide bonds. The first-order chi connectivity index (χ1) is 20.8. The van der Waals surface area contributed by atoms with Gasteiger partial charge in [0.1, 0.15) is 23.3 Å². The van der Waals surface area contributed by atoms with E-state index in [1.807, 2.05) is 0 Å². The molecule has 1 fully saturated rings. The minimum absolute atomic E-state index is 0.0867. The summed E-state index contributed by atoms with van der Waals surface area (Å²) in [4.78, 5) is 22.2. The maximum Gasteiger partial charge on any atom is 0.417 e. The third-order valence-electron chi connectivity index (χ3n) is 7.78. The molecule has 44 heavy (non-hydrogen) atoms. The van der Waals surface area contributed by atoms with E-state index in [-0.39, 0.29) is 64.5 Å². The second kappa shape index (κ2) is 12.5. The molecule has 3 aliphatic rings. The summed E-state index contributed by atoms with van der Waals surface area (Å²) < 4.78 is 79.8. The van der Waals surface area contributed by atoms with Gasteiger partial charge in [-0.25, -0.2) is 13.8 Å². The molecule has 5 rings (SSSR count). The number of thioether (sulfide) groups is 1. The molecule has 3 aliphatic heterocycles. The summed E-state index contributed by atoms with van der Waals surface area (Å²) in [6, 6.07) is 3.09. The molecule has 8 nitrogen and oxygen atoms in total. The Morgan fingerprint density at radius 3 is 2.61 bits per heavy atom. The summed E-state index contributed by atoms with van der Waals surface area (Å²) in [5.41, 5.74) is 5.06. The monoisotopic (exact) mass is 636 g/mol. The Labute approximate surface area is 256 Å². The van der Waals surface area contributed by atoms with E-state index in [1.165, 1.54) is 11.0 Å². The number of benzene rings is 2. The number of nitrogens with zero attached hydrogens (tertiary/aromatic N) is 4. The van der Waals surface area contributed by atoms with Crippen LogP contribution in [0.3, 0.4) is 0 Å². The second-order valence-corrected chi connectivity index (χ2v) is 11.8. The van der Waals surface area contributed by atoms with Gasteiger partial charge in [-0.3, -0.25) is 4.79 Å². The number of halogens is 5. The minimum Gasteiger partial charge on any atom is -0.374 e. The van der Waals surface area contributed by atoms with Gasteiger partial charge in [-0.15, -0.1) is 11.8 Å². The Morgan fingerprint density at radius 1 is 1.23 bits per heavy atom. The summed E-state index contributed by atoms with van der Waals surface area (Å²) >= 11 is 1.12. The molecular weight excluding hydrogens is 603 g/mol. The van der Waals surface area contributed by atoms with Gasteiger partial charge in [-0.05, 0) is 38.2 Å². The number of anilines is 1. The van der Waals surface area contributed by atoms with Gasteiger partial charge >= 0.3 is 6.18 Å². The van der Waals surface area contributed by atoms with Crippen LogP contribution in [0.5, 0.6) is 0 Å². The lowest BCUT2D eigenvalue weighted by Crippen LogP contribution is -2.64. The Morgan fingerprint density at radius 2 is 1.98 bits per heavy atom. The number of likely N-dealkylation sites (N-methyl/N-ethyl adjacent to an activating group) is 1. The highest BCUT2D eigenvalue weighted by molar-refractivity contribution is 7.99. The van der Waals surface area contributed by atoms with Gasteiger partial charge in [-0.1, -0.05) is 13.2 Å². The van der Waals surface area contributed by atoms with Crippen molar-refractivity contribution in [3.8, 4) is 11.1 Å². The minimum atomic E-state index is -4.90. The van der Waals surface area contributed by atoms with Gasteiger partial charge in [0, 0.05) is 52.5 Å². The molecule has 14 heteroatoms. The standard InChI is InChI=1S/C30H33F5N6O2S/c1-5-25(42)41-16(2)12-39(14-24(41)36)29-21-11-22(30(33,34)35)26(20-7-6-18(31)10-23(20)32)28-27(21)40(17(3)38-29)13-19(15-44-28)43-9-8-37-4/h5-7,10-11,16,19,24,37H,1,3,8-9,12-15,36H2,2,4H3. The van der Waals surface area contributed by atoms with E-state index in [9.17, 15) is 22.4 Å². The van der Waals surface area contributed by atoms with E-state index in [2.05, 4.69) is 23.5 Å². The summed E-state index contributed by atoms with van der Waals surface area (Å²) in [6.07, 6.45) is -4.95. The summed E-state index contributed by atoms with van der Waals surface area (Å²) in [6.45, 7) is 10.9. The van der Waals surface area contributed by atoms with Crippen LogP contribution in [0.15, 0.2) is 59.2 Å². The molecule has 0 saturated carbocycles. The summed E-state index contributed by atoms with van der Waals surface area (Å²) in [7, 11) is 1.78. The molecule has 0 bridgehead atoms. The lowest BCUT2D eigenvalue weighted by Gasteiger charge is -2.46. The average molecular weight is 637 g/mol. The van der Waals surface area contributed by atoms with Gasteiger partial charge in [-0.2, -0.15) is 13.2 Å². The number of nitrogens with two attached hydrogens (primary N) is 1. The van der Waals surface area contributed by atoms with Crippen LogP contribution in [0, 0.1) is 11.6 Å². The van der Waals surface area contributed by atoms with Crippen molar-refractivity contribution < 1.29 is 31.5 Å². The molecule has 0 radical (unpaired) electrons. The number of piperazine rings is 1. The van der Waals surface area contributed by atoms with Gasteiger partial charge in [0.25, 0.3) is 0 Å². The van der Waals surface area contributed by atoms with Crippen LogP contribution >= 0.6 is 11.8 Å². The maximum atomic E-state index is 15.2. The number of hydrogen-bond donors (Lipinski definition) is 2. The van der Waals surface area contributed by atoms with Crippen molar-refractivity contribution in [2.75, 3.05) is 50.5 Å². The van der Waals surface area contributed by atoms with Crippen molar-refractivity contribution >= 4 is 29.2 Å². The zero-order valence-corrected chi connectivity index (χ0v) is 25.1. The van der Waals surface area contributed by atoms with Crippen LogP contribution in [-0.2, 0) is 15.7 Å². The van der Waals surface area contributed by atoms with Gasteiger partial charge in [0.2, 0.25) is 5.91 Å². The fourth-order valence-corrected chi connectivity index (χ4v) is 7.14. The normalized spacial score (nSPS) is 22.0. The molecule has 2 aromatic carbocycles. The zero-order chi connectivity index (χ0) is 31.9. The predicted molar refractivity (Wildman–Crippen MR) is 160 cm³/mol. The van der Waals surface area contributed by atoms with Crippen molar-refractivity contribution in [3.05, 3.63) is 72.1 Å². The van der Waals surface area contributed by atoms with Gasteiger partial charge in [0.05, 0.1) is 43.2 Å². The predicted octanol–water partition coefficient (Wildman–Crippen LogP) is 4.40. The van der Waals surface area contributed by atoms with E-state index in [4.69, 9.17) is 10.5 Å². The fraction of sp³-hybridized carbons (Fsp3) is 0.400. The third-order valence-corrected chi connectivity index (χ3v) is 9.00. The van der Waals surface area contributed by atoms with Crippen LogP contribution < -0.4 is 16.0 Å². The number of carbonyl (C=O) groups excluding carboxylic acids is 1. The van der Waals surface area contributed by atoms with Crippen LogP contribution in [0.1, 0.15) is 18.1 Å². The van der Waals surface area contributed by atoms with E-state index >= 15 is 4.39 Å². The van der Waals surface area contributed by atoms with E-state index in [1.54, 1.807) is 23.8 Å². The topological polar surface area (TPSA) is 86.4 Å². The van der Waals surface area contributed by atoms with Crippen molar-refractivity contribution in [2.45, 2.75) is 36.3 Å². The number of amides is 1. The summed E-state index contributed by atoms with van der Waals surface area (Å²) in [5, 5.41) is 2.99. The highest BCUT2D eigenvalue weighted by Crippen LogP contribution is 2.52. The molecule has 0 aromatic heterocycles. The number of ether oxygens (including phenoxy) is 1. The van der Waals surface area contributed by atoms with Gasteiger partial charge in [0.15, 0.2) is 0 Å². The fourth-order valence-electron chi connectivity index (χ4n) is 5.86. The highest BCUT2D eigenvalue weighted by atomic mass is 32.2. The second-order valence-electron chi connectivity index (χ2n) is 10.8. The number of amidine groups is 1. The Kier molecular flexibility index (Phi) is 9.08. The Balaban J connectivity index is 1.71. The van der Waals surface area contributed by atoms with Crippen molar-refractivity contribution in [1.82, 2.24) is 15.1 Å². The number of nitrogens with one attached hydrogen (secondary N) is 1. The Hall–Kier alpha value is -3.46. The molecule has 3 N–H and O–H groups in total. The van der Waals surface area contributed by atoms with Gasteiger partial charge < -0.3 is 30.5 Å². The molecule has 236 valence electrons. The molecule has 2 aromatic rings. The number of carbonyl (C=O) groups is 1. The first-order valence-corrected chi connectivity index (χ1v) is 15.0.